The quantitative estimate of drug-likeness (QED) is 0.552. The van der Waals surface area contributed by atoms with Crippen LogP contribution in [0.3, 0.4) is 0 Å². The standard InChI is InChI=1S/C12H18N2O4/c1-3-14-11(15)4-5-13-7-10-6-9(8-18-10)12(16)17-2/h6,8,13H,3-5,7H2,1-2H3,(H,14,15). The molecule has 1 heterocycles. The smallest absolute Gasteiger partial charge is 0.341 e. The summed E-state index contributed by atoms with van der Waals surface area (Å²) in [5.74, 6) is 0.221. The number of rotatable bonds is 7. The summed E-state index contributed by atoms with van der Waals surface area (Å²) in [7, 11) is 1.32. The molecular weight excluding hydrogens is 236 g/mol. The lowest BCUT2D eigenvalue weighted by molar-refractivity contribution is -0.120. The van der Waals surface area contributed by atoms with Gasteiger partial charge in [0, 0.05) is 19.5 Å². The molecule has 100 valence electrons. The molecule has 0 unspecified atom stereocenters. The molecule has 1 rings (SSSR count). The van der Waals surface area contributed by atoms with E-state index in [2.05, 4.69) is 15.4 Å². The summed E-state index contributed by atoms with van der Waals surface area (Å²) in [5.41, 5.74) is 0.387. The summed E-state index contributed by atoms with van der Waals surface area (Å²) >= 11 is 0. The largest absolute Gasteiger partial charge is 0.467 e. The van der Waals surface area contributed by atoms with Crippen molar-refractivity contribution in [3.05, 3.63) is 23.7 Å². The Morgan fingerprint density at radius 3 is 2.89 bits per heavy atom. The zero-order valence-corrected chi connectivity index (χ0v) is 10.6. The van der Waals surface area contributed by atoms with Gasteiger partial charge in [0.2, 0.25) is 5.91 Å². The SMILES string of the molecule is CCNC(=O)CCNCc1cc(C(=O)OC)co1. The Hall–Kier alpha value is -1.82. The van der Waals surface area contributed by atoms with Gasteiger partial charge in [-0.2, -0.15) is 0 Å². The number of hydrogen-bond acceptors (Lipinski definition) is 5. The van der Waals surface area contributed by atoms with Crippen LogP contribution in [0.1, 0.15) is 29.5 Å². The fourth-order valence-corrected chi connectivity index (χ4v) is 1.40. The zero-order valence-electron chi connectivity index (χ0n) is 10.6. The molecule has 0 aromatic carbocycles. The van der Waals surface area contributed by atoms with Crippen LogP contribution < -0.4 is 10.6 Å². The molecule has 0 spiro atoms. The molecule has 1 amide bonds. The highest BCUT2D eigenvalue weighted by Crippen LogP contribution is 2.08. The van der Waals surface area contributed by atoms with E-state index >= 15 is 0 Å². The van der Waals surface area contributed by atoms with Gasteiger partial charge in [-0.15, -0.1) is 0 Å². The minimum absolute atomic E-state index is 0.0136. The molecule has 6 nitrogen and oxygen atoms in total. The first-order valence-corrected chi connectivity index (χ1v) is 5.80. The van der Waals surface area contributed by atoms with Crippen molar-refractivity contribution >= 4 is 11.9 Å². The second-order valence-corrected chi connectivity index (χ2v) is 3.67. The van der Waals surface area contributed by atoms with Gasteiger partial charge in [-0.3, -0.25) is 4.79 Å². The molecule has 0 aliphatic heterocycles. The molecule has 2 N–H and O–H groups in total. The Balaban J connectivity index is 2.25. The predicted octanol–water partition coefficient (Wildman–Crippen LogP) is 0.682. The molecule has 18 heavy (non-hydrogen) atoms. The summed E-state index contributed by atoms with van der Waals surface area (Å²) < 4.78 is 9.74. The van der Waals surface area contributed by atoms with E-state index in [0.29, 0.717) is 37.4 Å². The number of nitrogens with one attached hydrogen (secondary N) is 2. The van der Waals surface area contributed by atoms with E-state index in [4.69, 9.17) is 4.42 Å². The molecule has 0 saturated carbocycles. The van der Waals surface area contributed by atoms with E-state index in [-0.39, 0.29) is 5.91 Å². The first-order chi connectivity index (χ1) is 8.67. The zero-order chi connectivity index (χ0) is 13.4. The van der Waals surface area contributed by atoms with Crippen molar-refractivity contribution in [3.63, 3.8) is 0 Å². The van der Waals surface area contributed by atoms with Gasteiger partial charge in [-0.05, 0) is 13.0 Å². The van der Waals surface area contributed by atoms with E-state index in [1.165, 1.54) is 13.4 Å². The van der Waals surface area contributed by atoms with E-state index in [1.54, 1.807) is 6.07 Å². The summed E-state index contributed by atoms with van der Waals surface area (Å²) in [5, 5.41) is 5.76. The highest BCUT2D eigenvalue weighted by Gasteiger charge is 2.09. The highest BCUT2D eigenvalue weighted by atomic mass is 16.5. The van der Waals surface area contributed by atoms with Crippen LogP contribution in [0.15, 0.2) is 16.7 Å². The van der Waals surface area contributed by atoms with Gasteiger partial charge in [0.15, 0.2) is 0 Å². The van der Waals surface area contributed by atoms with Crippen molar-refractivity contribution in [1.29, 1.82) is 0 Å². The number of hydrogen-bond donors (Lipinski definition) is 2. The Kier molecular flexibility index (Phi) is 5.93. The predicted molar refractivity (Wildman–Crippen MR) is 65.1 cm³/mol. The van der Waals surface area contributed by atoms with Crippen molar-refractivity contribution in [2.24, 2.45) is 0 Å². The van der Waals surface area contributed by atoms with Gasteiger partial charge >= 0.3 is 5.97 Å². The molecular formula is C12H18N2O4. The van der Waals surface area contributed by atoms with E-state index in [9.17, 15) is 9.59 Å². The Morgan fingerprint density at radius 2 is 2.22 bits per heavy atom. The minimum atomic E-state index is -0.424. The highest BCUT2D eigenvalue weighted by molar-refractivity contribution is 5.88. The Bertz CT molecular complexity index is 401. The summed E-state index contributed by atoms with van der Waals surface area (Å²) in [4.78, 5) is 22.3. The van der Waals surface area contributed by atoms with Crippen molar-refractivity contribution in [2.45, 2.75) is 19.9 Å². The van der Waals surface area contributed by atoms with E-state index in [1.807, 2.05) is 6.92 Å². The summed E-state index contributed by atoms with van der Waals surface area (Å²) in [6.45, 7) is 3.54. The maximum Gasteiger partial charge on any atom is 0.341 e. The molecule has 0 fully saturated rings. The lowest BCUT2D eigenvalue weighted by Gasteiger charge is -2.02. The van der Waals surface area contributed by atoms with Crippen LogP contribution in [0.2, 0.25) is 0 Å². The maximum atomic E-state index is 11.2. The van der Waals surface area contributed by atoms with Gasteiger partial charge in [-0.1, -0.05) is 0 Å². The second-order valence-electron chi connectivity index (χ2n) is 3.67. The van der Waals surface area contributed by atoms with Crippen molar-refractivity contribution in [1.82, 2.24) is 10.6 Å². The third-order valence-electron chi connectivity index (χ3n) is 2.28. The van der Waals surface area contributed by atoms with Gasteiger partial charge in [0.1, 0.15) is 12.0 Å². The average molecular weight is 254 g/mol. The minimum Gasteiger partial charge on any atom is -0.467 e. The van der Waals surface area contributed by atoms with Crippen molar-refractivity contribution in [2.75, 3.05) is 20.2 Å². The van der Waals surface area contributed by atoms with Crippen LogP contribution in [0.4, 0.5) is 0 Å². The van der Waals surface area contributed by atoms with Crippen molar-refractivity contribution < 1.29 is 18.7 Å². The molecule has 1 aromatic heterocycles. The average Bonchev–Trinajstić information content (AvgIpc) is 2.83. The first kappa shape index (κ1) is 14.2. The maximum absolute atomic E-state index is 11.2. The Labute approximate surface area is 106 Å². The van der Waals surface area contributed by atoms with Crippen LogP contribution in [0.25, 0.3) is 0 Å². The van der Waals surface area contributed by atoms with Gasteiger partial charge in [0.25, 0.3) is 0 Å². The lowest BCUT2D eigenvalue weighted by atomic mass is 10.3. The topological polar surface area (TPSA) is 80.6 Å². The fourth-order valence-electron chi connectivity index (χ4n) is 1.40. The molecule has 0 bridgehead atoms. The number of amides is 1. The monoisotopic (exact) mass is 254 g/mol. The number of ether oxygens (including phenoxy) is 1. The summed E-state index contributed by atoms with van der Waals surface area (Å²) in [6.07, 6.45) is 1.77. The molecule has 0 saturated heterocycles. The van der Waals surface area contributed by atoms with E-state index in [0.717, 1.165) is 0 Å². The molecule has 1 aromatic rings. The molecule has 0 atom stereocenters. The van der Waals surface area contributed by atoms with E-state index < -0.39 is 5.97 Å². The third-order valence-corrected chi connectivity index (χ3v) is 2.28. The summed E-state index contributed by atoms with van der Waals surface area (Å²) in [6, 6.07) is 1.62. The molecule has 0 aliphatic carbocycles. The van der Waals surface area contributed by atoms with Crippen LogP contribution in [-0.2, 0) is 16.1 Å². The number of esters is 1. The van der Waals surface area contributed by atoms with Crippen LogP contribution in [-0.4, -0.2) is 32.1 Å². The first-order valence-electron chi connectivity index (χ1n) is 5.80. The Morgan fingerprint density at radius 1 is 1.44 bits per heavy atom. The van der Waals surface area contributed by atoms with Gasteiger partial charge < -0.3 is 19.8 Å². The number of carbonyl (C=O) groups excluding carboxylic acids is 2. The number of carbonyl (C=O) groups is 2. The van der Waals surface area contributed by atoms with Crippen LogP contribution >= 0.6 is 0 Å². The normalized spacial score (nSPS) is 10.1. The third kappa shape index (κ3) is 4.58. The molecule has 0 radical (unpaired) electrons. The van der Waals surface area contributed by atoms with Crippen LogP contribution in [0.5, 0.6) is 0 Å². The van der Waals surface area contributed by atoms with Crippen LogP contribution in [0, 0.1) is 0 Å². The van der Waals surface area contributed by atoms with Gasteiger partial charge in [0.05, 0.1) is 19.2 Å². The fraction of sp³-hybridized carbons (Fsp3) is 0.500. The second kappa shape index (κ2) is 7.50. The lowest BCUT2D eigenvalue weighted by Crippen LogP contribution is -2.27. The number of methoxy groups -OCH3 is 1. The van der Waals surface area contributed by atoms with Gasteiger partial charge in [-0.25, -0.2) is 4.79 Å². The van der Waals surface area contributed by atoms with Crippen molar-refractivity contribution in [3.8, 4) is 0 Å². The molecule has 6 heteroatoms. The number of furan rings is 1. The molecule has 0 aliphatic rings.